The summed E-state index contributed by atoms with van der Waals surface area (Å²) in [6.45, 7) is 5.02. The van der Waals surface area contributed by atoms with Crippen molar-refractivity contribution in [3.05, 3.63) is 36.2 Å². The van der Waals surface area contributed by atoms with Crippen LogP contribution in [0.1, 0.15) is 70.8 Å². The van der Waals surface area contributed by atoms with Gasteiger partial charge in [-0.05, 0) is 103 Å². The number of fused-ring (bicyclic) bond motifs is 5. The summed E-state index contributed by atoms with van der Waals surface area (Å²) in [5.74, 6) is 2.86. The summed E-state index contributed by atoms with van der Waals surface area (Å²) >= 11 is 0. The molecular weight excluding hydrogens is 394 g/mol. The van der Waals surface area contributed by atoms with E-state index in [1.807, 2.05) is 12.4 Å². The highest BCUT2D eigenvalue weighted by molar-refractivity contribution is 7.86. The maximum atomic E-state index is 11.6. The van der Waals surface area contributed by atoms with Crippen LogP contribution in [0.5, 0.6) is 0 Å². The van der Waals surface area contributed by atoms with Crippen LogP contribution < -0.4 is 0 Å². The van der Waals surface area contributed by atoms with Gasteiger partial charge in [-0.25, -0.2) is 0 Å². The van der Waals surface area contributed by atoms with Gasteiger partial charge in [0.05, 0.1) is 12.4 Å². The SMILES string of the molecule is C[C@]12CC[C@H](OS(C)(=O)=O)CC1CC[C@@H]1[C@@H]2CC[C@]2(C)C(c3cccnc3)=CC[C@@H]12. The maximum Gasteiger partial charge on any atom is 0.264 e. The highest BCUT2D eigenvalue weighted by atomic mass is 32.2. The molecule has 0 radical (unpaired) electrons. The summed E-state index contributed by atoms with van der Waals surface area (Å²) in [6, 6.07) is 4.28. The molecule has 0 saturated heterocycles. The van der Waals surface area contributed by atoms with E-state index in [4.69, 9.17) is 4.18 Å². The molecule has 4 aliphatic carbocycles. The predicted octanol–water partition coefficient (Wildman–Crippen LogP) is 5.46. The standard InChI is InChI=1S/C25H35NO3S/c1-24-12-10-19(29-30(3,27)28)15-18(24)6-7-20-22-9-8-21(17-5-4-14-26-16-17)25(22,2)13-11-23(20)24/h4-5,8,14,16,18-20,22-23H,6-7,9-13,15H2,1-3H3/t18?,19-,20-,22-,23-,24-,25+/m0/s1. The van der Waals surface area contributed by atoms with Gasteiger partial charge in [0.25, 0.3) is 10.1 Å². The lowest BCUT2D eigenvalue weighted by Gasteiger charge is -2.60. The first-order valence-electron chi connectivity index (χ1n) is 11.7. The number of allylic oxidation sites excluding steroid dienone is 2. The normalized spacial score (nSPS) is 43.3. The van der Waals surface area contributed by atoms with E-state index in [1.165, 1.54) is 49.5 Å². The molecule has 4 aliphatic rings. The summed E-state index contributed by atoms with van der Waals surface area (Å²) in [4.78, 5) is 4.38. The third-order valence-electron chi connectivity index (χ3n) is 9.48. The maximum absolute atomic E-state index is 11.6. The third kappa shape index (κ3) is 3.28. The molecule has 3 fully saturated rings. The first-order chi connectivity index (χ1) is 14.2. The van der Waals surface area contributed by atoms with Gasteiger partial charge in [0.15, 0.2) is 0 Å². The summed E-state index contributed by atoms with van der Waals surface area (Å²) in [5, 5.41) is 0. The quantitative estimate of drug-likeness (QED) is 0.599. The van der Waals surface area contributed by atoms with Gasteiger partial charge in [0.2, 0.25) is 0 Å². The fourth-order valence-corrected chi connectivity index (χ4v) is 8.76. The van der Waals surface area contributed by atoms with E-state index in [0.29, 0.717) is 11.3 Å². The molecular formula is C25H35NO3S. The molecule has 7 atom stereocenters. The summed E-state index contributed by atoms with van der Waals surface area (Å²) in [6.07, 6.45) is 16.6. The molecule has 0 spiro atoms. The van der Waals surface area contributed by atoms with Crippen LogP contribution in [-0.4, -0.2) is 25.8 Å². The number of hydrogen-bond donors (Lipinski definition) is 0. The highest BCUT2D eigenvalue weighted by Crippen LogP contribution is 2.67. The van der Waals surface area contributed by atoms with E-state index in [1.54, 1.807) is 0 Å². The predicted molar refractivity (Wildman–Crippen MR) is 119 cm³/mol. The molecule has 30 heavy (non-hydrogen) atoms. The van der Waals surface area contributed by atoms with E-state index in [9.17, 15) is 8.42 Å². The molecule has 1 heterocycles. The van der Waals surface area contributed by atoms with E-state index in [2.05, 4.69) is 37.0 Å². The molecule has 1 aromatic heterocycles. The van der Waals surface area contributed by atoms with Crippen molar-refractivity contribution in [3.8, 4) is 0 Å². The highest BCUT2D eigenvalue weighted by Gasteiger charge is 2.58. The second-order valence-electron chi connectivity index (χ2n) is 10.9. The van der Waals surface area contributed by atoms with Crippen molar-refractivity contribution in [3.63, 3.8) is 0 Å². The lowest BCUT2D eigenvalue weighted by atomic mass is 9.44. The molecule has 1 aromatic rings. The minimum absolute atomic E-state index is 0.117. The Morgan fingerprint density at radius 1 is 1.10 bits per heavy atom. The Labute approximate surface area is 181 Å². The number of hydrogen-bond acceptors (Lipinski definition) is 4. The van der Waals surface area contributed by atoms with Gasteiger partial charge in [0.1, 0.15) is 0 Å². The summed E-state index contributed by atoms with van der Waals surface area (Å²) in [7, 11) is -3.37. The number of aromatic nitrogens is 1. The van der Waals surface area contributed by atoms with Gasteiger partial charge in [-0.2, -0.15) is 8.42 Å². The molecule has 0 bridgehead atoms. The summed E-state index contributed by atoms with van der Waals surface area (Å²) in [5.41, 5.74) is 3.43. The molecule has 0 aromatic carbocycles. The van der Waals surface area contributed by atoms with Crippen LogP contribution in [0.2, 0.25) is 0 Å². The van der Waals surface area contributed by atoms with Crippen LogP contribution >= 0.6 is 0 Å². The topological polar surface area (TPSA) is 56.3 Å². The first kappa shape index (κ1) is 20.7. The van der Waals surface area contributed by atoms with Crippen LogP contribution in [0.3, 0.4) is 0 Å². The largest absolute Gasteiger partial charge is 0.267 e. The van der Waals surface area contributed by atoms with Gasteiger partial charge >= 0.3 is 0 Å². The Bertz CT molecular complexity index is 942. The smallest absolute Gasteiger partial charge is 0.264 e. The van der Waals surface area contributed by atoms with Crippen molar-refractivity contribution in [1.82, 2.24) is 4.98 Å². The number of nitrogens with zero attached hydrogens (tertiary/aromatic N) is 1. The minimum atomic E-state index is -3.37. The van der Waals surface area contributed by atoms with Crippen LogP contribution in [0.15, 0.2) is 30.6 Å². The molecule has 5 heteroatoms. The monoisotopic (exact) mass is 429 g/mol. The van der Waals surface area contributed by atoms with Gasteiger partial charge < -0.3 is 0 Å². The van der Waals surface area contributed by atoms with Crippen LogP contribution in [-0.2, 0) is 14.3 Å². The van der Waals surface area contributed by atoms with E-state index in [0.717, 1.165) is 37.0 Å². The zero-order valence-electron chi connectivity index (χ0n) is 18.5. The van der Waals surface area contributed by atoms with E-state index < -0.39 is 10.1 Å². The molecule has 5 rings (SSSR count). The second kappa shape index (κ2) is 7.16. The fourth-order valence-electron chi connectivity index (χ4n) is 8.09. The van der Waals surface area contributed by atoms with Crippen LogP contribution in [0.4, 0.5) is 0 Å². The zero-order valence-corrected chi connectivity index (χ0v) is 19.3. The van der Waals surface area contributed by atoms with Crippen molar-refractivity contribution in [2.75, 3.05) is 6.26 Å². The first-order valence-corrected chi connectivity index (χ1v) is 13.5. The average Bonchev–Trinajstić information content (AvgIpc) is 3.05. The number of pyridine rings is 1. The van der Waals surface area contributed by atoms with Gasteiger partial charge in [0, 0.05) is 12.4 Å². The molecule has 164 valence electrons. The fraction of sp³-hybridized carbons (Fsp3) is 0.720. The Balaban J connectivity index is 1.36. The van der Waals surface area contributed by atoms with Gasteiger partial charge in [-0.1, -0.05) is 26.0 Å². The van der Waals surface area contributed by atoms with Crippen molar-refractivity contribution in [1.29, 1.82) is 0 Å². The third-order valence-corrected chi connectivity index (χ3v) is 10.1. The molecule has 3 saturated carbocycles. The van der Waals surface area contributed by atoms with Crippen LogP contribution in [0.25, 0.3) is 5.57 Å². The van der Waals surface area contributed by atoms with Gasteiger partial charge in [-0.15, -0.1) is 0 Å². The van der Waals surface area contributed by atoms with Crippen LogP contribution in [0, 0.1) is 34.5 Å². The molecule has 4 nitrogen and oxygen atoms in total. The Morgan fingerprint density at radius 3 is 2.67 bits per heavy atom. The molecule has 0 amide bonds. The van der Waals surface area contributed by atoms with Crippen molar-refractivity contribution < 1.29 is 12.6 Å². The second-order valence-corrected chi connectivity index (χ2v) is 12.5. The Hall–Kier alpha value is -1.20. The van der Waals surface area contributed by atoms with Crippen molar-refractivity contribution >= 4 is 15.7 Å². The molecule has 1 unspecified atom stereocenters. The van der Waals surface area contributed by atoms with Gasteiger partial charge in [-0.3, -0.25) is 9.17 Å². The Kier molecular flexibility index (Phi) is 4.94. The lowest BCUT2D eigenvalue weighted by molar-refractivity contribution is -0.111. The van der Waals surface area contributed by atoms with E-state index in [-0.39, 0.29) is 11.5 Å². The average molecular weight is 430 g/mol. The molecule has 0 N–H and O–H groups in total. The lowest BCUT2D eigenvalue weighted by Crippen LogP contribution is -2.53. The van der Waals surface area contributed by atoms with Crippen molar-refractivity contribution in [2.45, 2.75) is 71.3 Å². The minimum Gasteiger partial charge on any atom is -0.267 e. The Morgan fingerprint density at radius 2 is 1.93 bits per heavy atom. The van der Waals surface area contributed by atoms with Crippen molar-refractivity contribution in [2.24, 2.45) is 34.5 Å². The molecule has 0 aliphatic heterocycles. The summed E-state index contributed by atoms with van der Waals surface area (Å²) < 4.78 is 28.7. The number of rotatable bonds is 3. The zero-order chi connectivity index (χ0) is 21.1. The van der Waals surface area contributed by atoms with E-state index >= 15 is 0 Å².